The molecule has 0 aliphatic carbocycles. The Hall–Kier alpha value is -2.36. The molecule has 22 heavy (non-hydrogen) atoms. The van der Waals surface area contributed by atoms with Crippen LogP contribution in [0.2, 0.25) is 0 Å². The van der Waals surface area contributed by atoms with Gasteiger partial charge in [-0.05, 0) is 30.9 Å². The summed E-state index contributed by atoms with van der Waals surface area (Å²) in [5.74, 6) is -0.199. The van der Waals surface area contributed by atoms with Gasteiger partial charge in [-0.2, -0.15) is 0 Å². The van der Waals surface area contributed by atoms with Crippen molar-refractivity contribution in [1.82, 2.24) is 10.3 Å². The first-order chi connectivity index (χ1) is 10.7. The largest absolute Gasteiger partial charge is 0.361 e. The summed E-state index contributed by atoms with van der Waals surface area (Å²) in [5, 5.41) is 3.99. The Kier molecular flexibility index (Phi) is 5.95. The Labute approximate surface area is 130 Å². The molecule has 1 amide bonds. The van der Waals surface area contributed by atoms with E-state index in [-0.39, 0.29) is 18.1 Å². The smallest absolute Gasteiger partial charge is 0.227 e. The number of hydrogen-bond acceptors (Lipinski definition) is 2. The predicted molar refractivity (Wildman–Crippen MR) is 88.7 cm³/mol. The van der Waals surface area contributed by atoms with Gasteiger partial charge >= 0.3 is 0 Å². The van der Waals surface area contributed by atoms with Crippen molar-refractivity contribution >= 4 is 22.6 Å². The summed E-state index contributed by atoms with van der Waals surface area (Å²) in [4.78, 5) is 26.5. The number of benzene rings is 1. The standard InChI is InChI=1S/C18H22N2O2/c1-2-3-4-7-15(21)12-18(22)19-11-10-14-13-20-17-9-6-5-8-16(14)17/h2,5-6,8-9,13,20H,1,3-4,7,10-12H2,(H,19,22). The van der Waals surface area contributed by atoms with E-state index in [4.69, 9.17) is 0 Å². The third kappa shape index (κ3) is 4.58. The van der Waals surface area contributed by atoms with Crippen LogP contribution in [-0.4, -0.2) is 23.2 Å². The number of allylic oxidation sites excluding steroid dienone is 1. The first-order valence-corrected chi connectivity index (χ1v) is 7.65. The Morgan fingerprint density at radius 1 is 1.27 bits per heavy atom. The lowest BCUT2D eigenvalue weighted by Crippen LogP contribution is -2.27. The van der Waals surface area contributed by atoms with Crippen molar-refractivity contribution in [2.45, 2.75) is 32.1 Å². The Morgan fingerprint density at radius 2 is 2.09 bits per heavy atom. The van der Waals surface area contributed by atoms with E-state index in [0.29, 0.717) is 13.0 Å². The number of para-hydroxylation sites is 1. The molecule has 4 heteroatoms. The molecule has 0 saturated carbocycles. The number of ketones is 1. The molecular weight excluding hydrogens is 276 g/mol. The van der Waals surface area contributed by atoms with Gasteiger partial charge in [0.2, 0.25) is 5.91 Å². The highest BCUT2D eigenvalue weighted by molar-refractivity contribution is 5.97. The molecule has 1 heterocycles. The van der Waals surface area contributed by atoms with Crippen molar-refractivity contribution in [3.05, 3.63) is 48.7 Å². The first-order valence-electron chi connectivity index (χ1n) is 7.65. The topological polar surface area (TPSA) is 62.0 Å². The van der Waals surface area contributed by atoms with Crippen LogP contribution < -0.4 is 5.32 Å². The molecule has 0 bridgehead atoms. The number of fused-ring (bicyclic) bond motifs is 1. The van der Waals surface area contributed by atoms with Crippen molar-refractivity contribution in [2.75, 3.05) is 6.54 Å². The number of unbranched alkanes of at least 4 members (excludes halogenated alkanes) is 1. The molecule has 0 atom stereocenters. The fraction of sp³-hybridized carbons (Fsp3) is 0.333. The predicted octanol–water partition coefficient (Wildman–Crippen LogP) is 3.14. The van der Waals surface area contributed by atoms with Gasteiger partial charge in [0.15, 0.2) is 0 Å². The number of hydrogen-bond donors (Lipinski definition) is 2. The van der Waals surface area contributed by atoms with E-state index < -0.39 is 0 Å². The number of H-pyrrole nitrogens is 1. The number of nitrogens with one attached hydrogen (secondary N) is 2. The van der Waals surface area contributed by atoms with Gasteiger partial charge in [0.1, 0.15) is 5.78 Å². The molecule has 0 fully saturated rings. The zero-order valence-electron chi connectivity index (χ0n) is 12.7. The molecule has 4 nitrogen and oxygen atoms in total. The molecular formula is C18H22N2O2. The second-order valence-electron chi connectivity index (χ2n) is 5.36. The molecule has 1 aromatic heterocycles. The third-order valence-corrected chi connectivity index (χ3v) is 3.61. The molecule has 0 saturated heterocycles. The summed E-state index contributed by atoms with van der Waals surface area (Å²) in [5.41, 5.74) is 2.27. The van der Waals surface area contributed by atoms with E-state index in [1.165, 1.54) is 10.9 Å². The average Bonchev–Trinajstić information content (AvgIpc) is 2.91. The third-order valence-electron chi connectivity index (χ3n) is 3.61. The van der Waals surface area contributed by atoms with Crippen molar-refractivity contribution in [3.63, 3.8) is 0 Å². The highest BCUT2D eigenvalue weighted by Gasteiger charge is 2.09. The highest BCUT2D eigenvalue weighted by atomic mass is 16.2. The molecule has 0 spiro atoms. The number of carbonyl (C=O) groups is 2. The number of Topliss-reactive ketones (excluding diaryl/α,β-unsaturated/α-hetero) is 1. The minimum Gasteiger partial charge on any atom is -0.361 e. The Morgan fingerprint density at radius 3 is 2.91 bits per heavy atom. The monoisotopic (exact) mass is 298 g/mol. The van der Waals surface area contributed by atoms with Crippen molar-refractivity contribution in [2.24, 2.45) is 0 Å². The van der Waals surface area contributed by atoms with Crippen LogP contribution in [0.3, 0.4) is 0 Å². The summed E-state index contributed by atoms with van der Waals surface area (Å²) in [6.45, 7) is 4.15. The van der Waals surface area contributed by atoms with Gasteiger partial charge in [-0.3, -0.25) is 9.59 Å². The van der Waals surface area contributed by atoms with E-state index >= 15 is 0 Å². The van der Waals surface area contributed by atoms with E-state index in [9.17, 15) is 9.59 Å². The number of aromatic nitrogens is 1. The minimum absolute atomic E-state index is 0.00792. The molecule has 0 aliphatic rings. The van der Waals surface area contributed by atoms with Gasteiger partial charge < -0.3 is 10.3 Å². The van der Waals surface area contributed by atoms with Gasteiger partial charge in [-0.25, -0.2) is 0 Å². The first kappa shape index (κ1) is 16.0. The van der Waals surface area contributed by atoms with Crippen LogP contribution in [0.15, 0.2) is 43.1 Å². The molecule has 2 aromatic rings. The fourth-order valence-corrected chi connectivity index (χ4v) is 2.45. The lowest BCUT2D eigenvalue weighted by molar-refractivity contribution is -0.128. The van der Waals surface area contributed by atoms with Crippen LogP contribution in [0, 0.1) is 0 Å². The van der Waals surface area contributed by atoms with Crippen molar-refractivity contribution in [1.29, 1.82) is 0 Å². The van der Waals surface area contributed by atoms with E-state index in [0.717, 1.165) is 24.8 Å². The van der Waals surface area contributed by atoms with E-state index in [1.54, 1.807) is 6.08 Å². The Bertz CT molecular complexity index is 658. The maximum Gasteiger partial charge on any atom is 0.227 e. The van der Waals surface area contributed by atoms with Gasteiger partial charge in [-0.1, -0.05) is 24.3 Å². The maximum atomic E-state index is 11.7. The lowest BCUT2D eigenvalue weighted by Gasteiger charge is -2.04. The lowest BCUT2D eigenvalue weighted by atomic mass is 10.1. The normalized spacial score (nSPS) is 10.5. The maximum absolute atomic E-state index is 11.7. The van der Waals surface area contributed by atoms with Gasteiger partial charge in [0.05, 0.1) is 6.42 Å². The quantitative estimate of drug-likeness (QED) is 0.424. The number of aromatic amines is 1. The molecule has 0 aliphatic heterocycles. The molecule has 116 valence electrons. The average molecular weight is 298 g/mol. The molecule has 2 rings (SSSR count). The van der Waals surface area contributed by atoms with E-state index in [1.807, 2.05) is 24.4 Å². The number of rotatable bonds is 9. The second-order valence-corrected chi connectivity index (χ2v) is 5.36. The van der Waals surface area contributed by atoms with Gasteiger partial charge in [-0.15, -0.1) is 6.58 Å². The molecule has 0 unspecified atom stereocenters. The number of carbonyl (C=O) groups excluding carboxylic acids is 2. The van der Waals surface area contributed by atoms with Crippen LogP contribution in [0.25, 0.3) is 10.9 Å². The van der Waals surface area contributed by atoms with Crippen molar-refractivity contribution in [3.8, 4) is 0 Å². The SMILES string of the molecule is C=CCCCC(=O)CC(=O)NCCc1c[nH]c2ccccc12. The number of amides is 1. The zero-order valence-corrected chi connectivity index (χ0v) is 12.7. The highest BCUT2D eigenvalue weighted by Crippen LogP contribution is 2.17. The molecule has 1 aromatic carbocycles. The summed E-state index contributed by atoms with van der Waals surface area (Å²) >= 11 is 0. The summed E-state index contributed by atoms with van der Waals surface area (Å²) in [7, 11) is 0. The summed E-state index contributed by atoms with van der Waals surface area (Å²) in [6, 6.07) is 8.08. The van der Waals surface area contributed by atoms with Gasteiger partial charge in [0.25, 0.3) is 0 Å². The van der Waals surface area contributed by atoms with Crippen LogP contribution in [0.4, 0.5) is 0 Å². The summed E-state index contributed by atoms with van der Waals surface area (Å²) in [6.07, 6.45) is 6.51. The van der Waals surface area contributed by atoms with E-state index in [2.05, 4.69) is 22.9 Å². The van der Waals surface area contributed by atoms with Crippen LogP contribution in [0.1, 0.15) is 31.2 Å². The Balaban J connectivity index is 1.73. The fourth-order valence-electron chi connectivity index (χ4n) is 2.45. The van der Waals surface area contributed by atoms with Crippen molar-refractivity contribution < 1.29 is 9.59 Å². The van der Waals surface area contributed by atoms with Crippen LogP contribution in [0.5, 0.6) is 0 Å². The second kappa shape index (κ2) is 8.17. The zero-order chi connectivity index (χ0) is 15.8. The van der Waals surface area contributed by atoms with Gasteiger partial charge in [0, 0.05) is 30.1 Å². The summed E-state index contributed by atoms with van der Waals surface area (Å²) < 4.78 is 0. The molecule has 0 radical (unpaired) electrons. The van der Waals surface area contributed by atoms with Crippen LogP contribution in [-0.2, 0) is 16.0 Å². The van der Waals surface area contributed by atoms with Crippen LogP contribution >= 0.6 is 0 Å². The molecule has 2 N–H and O–H groups in total. The minimum atomic E-state index is -0.191.